The van der Waals surface area contributed by atoms with Crippen molar-refractivity contribution >= 4 is 11.9 Å². The summed E-state index contributed by atoms with van der Waals surface area (Å²) in [4.78, 5) is 21.7. The Morgan fingerprint density at radius 2 is 1.73 bits per heavy atom. The van der Waals surface area contributed by atoms with Gasteiger partial charge in [0, 0.05) is 0 Å². The molecule has 9 heteroatoms. The number of benzene rings is 1. The van der Waals surface area contributed by atoms with Crippen molar-refractivity contribution in [3.8, 4) is 0 Å². The van der Waals surface area contributed by atoms with Crippen LogP contribution in [0.5, 0.6) is 0 Å². The summed E-state index contributed by atoms with van der Waals surface area (Å²) in [6.07, 6.45) is -7.22. The number of hydrogen-bond acceptors (Lipinski definition) is 8. The van der Waals surface area contributed by atoms with Crippen LogP contribution in [-0.4, -0.2) is 76.3 Å². The van der Waals surface area contributed by atoms with Crippen LogP contribution >= 0.6 is 0 Å². The van der Waals surface area contributed by atoms with Crippen molar-refractivity contribution in [3.63, 3.8) is 0 Å². The third-order valence-corrected chi connectivity index (χ3v) is 3.89. The summed E-state index contributed by atoms with van der Waals surface area (Å²) in [7, 11) is 0. The number of aliphatic hydroxyl groups is 3. The maximum absolute atomic E-state index is 11.3. The molecule has 2 rings (SSSR count). The Morgan fingerprint density at radius 1 is 1.04 bits per heavy atom. The SMILES string of the molecule is O=C(O)CC(=O)OC[C@H]1O[C@@H](OCCc2ccccc2)[C@H](O)[C@@H](O)[C@@H]1O. The summed E-state index contributed by atoms with van der Waals surface area (Å²) in [5.41, 5.74) is 1.01. The second-order valence-electron chi connectivity index (χ2n) is 5.87. The number of carboxylic acid groups (broad SMARTS) is 1. The third kappa shape index (κ3) is 5.75. The maximum atomic E-state index is 11.3. The highest BCUT2D eigenvalue weighted by molar-refractivity contribution is 5.90. The average Bonchev–Trinajstić information content (AvgIpc) is 2.61. The molecular formula is C17H22O9. The van der Waals surface area contributed by atoms with E-state index in [-0.39, 0.29) is 6.61 Å². The molecule has 1 saturated heterocycles. The molecule has 5 atom stereocenters. The fourth-order valence-electron chi connectivity index (χ4n) is 2.48. The molecule has 0 radical (unpaired) electrons. The summed E-state index contributed by atoms with van der Waals surface area (Å²) in [6.45, 7) is -0.282. The van der Waals surface area contributed by atoms with Crippen molar-refractivity contribution in [3.05, 3.63) is 35.9 Å². The predicted octanol–water partition coefficient (Wildman–Crippen LogP) is -0.929. The molecule has 1 aliphatic heterocycles. The van der Waals surface area contributed by atoms with Gasteiger partial charge in [0.1, 0.15) is 37.4 Å². The number of aliphatic carboxylic acids is 1. The van der Waals surface area contributed by atoms with E-state index in [1.54, 1.807) is 0 Å². The van der Waals surface area contributed by atoms with Crippen LogP contribution in [0.15, 0.2) is 30.3 Å². The normalized spacial score (nSPS) is 28.5. The van der Waals surface area contributed by atoms with E-state index in [1.165, 1.54) is 0 Å². The van der Waals surface area contributed by atoms with Gasteiger partial charge in [-0.15, -0.1) is 0 Å². The predicted molar refractivity (Wildman–Crippen MR) is 86.0 cm³/mol. The Bertz CT molecular complexity index is 591. The molecule has 0 saturated carbocycles. The van der Waals surface area contributed by atoms with Crippen LogP contribution in [-0.2, 0) is 30.2 Å². The zero-order valence-corrected chi connectivity index (χ0v) is 13.9. The zero-order valence-electron chi connectivity index (χ0n) is 13.9. The minimum Gasteiger partial charge on any atom is -0.481 e. The molecule has 4 N–H and O–H groups in total. The molecule has 0 amide bonds. The molecule has 144 valence electrons. The monoisotopic (exact) mass is 370 g/mol. The molecular weight excluding hydrogens is 348 g/mol. The van der Waals surface area contributed by atoms with Gasteiger partial charge in [-0.05, 0) is 12.0 Å². The van der Waals surface area contributed by atoms with Crippen molar-refractivity contribution in [2.24, 2.45) is 0 Å². The van der Waals surface area contributed by atoms with Gasteiger partial charge >= 0.3 is 11.9 Å². The van der Waals surface area contributed by atoms with Crippen LogP contribution in [0.4, 0.5) is 0 Å². The standard InChI is InChI=1S/C17H22O9/c18-12(19)8-13(20)25-9-11-14(21)15(22)16(23)17(26-11)24-7-6-10-4-2-1-3-5-10/h1-5,11,14-17,21-23H,6-9H2,(H,18,19)/t11-,14-,15+,16-,17-/m1/s1. The Labute approximate surface area is 149 Å². The summed E-state index contributed by atoms with van der Waals surface area (Å²) in [5.74, 6) is -2.35. The van der Waals surface area contributed by atoms with E-state index >= 15 is 0 Å². The first-order valence-corrected chi connectivity index (χ1v) is 8.11. The topological polar surface area (TPSA) is 143 Å². The fraction of sp³-hybridized carbons (Fsp3) is 0.529. The van der Waals surface area contributed by atoms with Gasteiger partial charge < -0.3 is 34.6 Å². The Morgan fingerprint density at radius 3 is 2.38 bits per heavy atom. The lowest BCUT2D eigenvalue weighted by molar-refractivity contribution is -0.301. The molecule has 1 heterocycles. The second-order valence-corrected chi connectivity index (χ2v) is 5.87. The number of esters is 1. The van der Waals surface area contributed by atoms with Crippen LogP contribution in [0.1, 0.15) is 12.0 Å². The van der Waals surface area contributed by atoms with Crippen LogP contribution in [0.3, 0.4) is 0 Å². The highest BCUT2D eigenvalue weighted by Gasteiger charge is 2.44. The molecule has 0 unspecified atom stereocenters. The molecule has 1 aliphatic rings. The van der Waals surface area contributed by atoms with Crippen LogP contribution in [0.25, 0.3) is 0 Å². The van der Waals surface area contributed by atoms with Crippen LogP contribution < -0.4 is 0 Å². The van der Waals surface area contributed by atoms with E-state index in [1.807, 2.05) is 30.3 Å². The van der Waals surface area contributed by atoms with Crippen molar-refractivity contribution in [2.75, 3.05) is 13.2 Å². The number of hydrogen-bond donors (Lipinski definition) is 4. The molecule has 0 aliphatic carbocycles. The largest absolute Gasteiger partial charge is 0.481 e. The van der Waals surface area contributed by atoms with Gasteiger partial charge in [0.05, 0.1) is 6.61 Å². The third-order valence-electron chi connectivity index (χ3n) is 3.89. The van der Waals surface area contributed by atoms with Gasteiger partial charge in [0.2, 0.25) is 0 Å². The van der Waals surface area contributed by atoms with E-state index in [9.17, 15) is 24.9 Å². The summed E-state index contributed by atoms with van der Waals surface area (Å²) < 4.78 is 15.5. The van der Waals surface area contributed by atoms with Gasteiger partial charge in [-0.3, -0.25) is 9.59 Å². The Balaban J connectivity index is 1.86. The average molecular weight is 370 g/mol. The molecule has 0 spiro atoms. The lowest BCUT2D eigenvalue weighted by atomic mass is 9.99. The summed E-state index contributed by atoms with van der Waals surface area (Å²) in [6, 6.07) is 9.45. The van der Waals surface area contributed by atoms with Crippen molar-refractivity contribution in [1.29, 1.82) is 0 Å². The number of carboxylic acids is 1. The highest BCUT2D eigenvalue weighted by Crippen LogP contribution is 2.22. The van der Waals surface area contributed by atoms with Crippen molar-refractivity contribution in [2.45, 2.75) is 43.5 Å². The molecule has 0 bridgehead atoms. The highest BCUT2D eigenvalue weighted by atomic mass is 16.7. The number of ether oxygens (including phenoxy) is 3. The quantitative estimate of drug-likeness (QED) is 0.337. The van der Waals surface area contributed by atoms with Gasteiger partial charge in [0.25, 0.3) is 0 Å². The minimum atomic E-state index is -1.56. The van der Waals surface area contributed by atoms with Gasteiger partial charge in [-0.1, -0.05) is 30.3 Å². The summed E-state index contributed by atoms with van der Waals surface area (Å²) in [5, 5.41) is 38.3. The number of rotatable bonds is 8. The molecule has 1 fully saturated rings. The van der Waals surface area contributed by atoms with Crippen LogP contribution in [0.2, 0.25) is 0 Å². The smallest absolute Gasteiger partial charge is 0.317 e. The molecule has 1 aromatic carbocycles. The molecule has 9 nitrogen and oxygen atoms in total. The number of aliphatic hydroxyl groups excluding tert-OH is 3. The van der Waals surface area contributed by atoms with E-state index in [4.69, 9.17) is 19.3 Å². The first-order chi connectivity index (χ1) is 12.4. The van der Waals surface area contributed by atoms with Gasteiger partial charge in [0.15, 0.2) is 6.29 Å². The van der Waals surface area contributed by atoms with Gasteiger partial charge in [-0.25, -0.2) is 0 Å². The van der Waals surface area contributed by atoms with Crippen LogP contribution in [0, 0.1) is 0 Å². The van der Waals surface area contributed by atoms with E-state index in [2.05, 4.69) is 0 Å². The van der Waals surface area contributed by atoms with Crippen molar-refractivity contribution < 1.29 is 44.2 Å². The number of carbonyl (C=O) groups is 2. The first-order valence-electron chi connectivity index (χ1n) is 8.11. The molecule has 1 aromatic rings. The van der Waals surface area contributed by atoms with E-state index in [0.717, 1.165) is 5.56 Å². The molecule has 26 heavy (non-hydrogen) atoms. The minimum absolute atomic E-state index is 0.195. The second kappa shape index (κ2) is 9.60. The lowest BCUT2D eigenvalue weighted by Crippen LogP contribution is -2.59. The van der Waals surface area contributed by atoms with Crippen molar-refractivity contribution in [1.82, 2.24) is 0 Å². The zero-order chi connectivity index (χ0) is 19.1. The van der Waals surface area contributed by atoms with E-state index < -0.39 is 55.7 Å². The first kappa shape index (κ1) is 20.3. The Kier molecular flexibility index (Phi) is 7.49. The van der Waals surface area contributed by atoms with Gasteiger partial charge in [-0.2, -0.15) is 0 Å². The lowest BCUT2D eigenvalue weighted by Gasteiger charge is -2.39. The van der Waals surface area contributed by atoms with E-state index in [0.29, 0.717) is 6.42 Å². The molecule has 0 aromatic heterocycles. The Hall–Kier alpha value is -2.04. The summed E-state index contributed by atoms with van der Waals surface area (Å²) >= 11 is 0. The maximum Gasteiger partial charge on any atom is 0.317 e. The number of carbonyl (C=O) groups excluding carboxylic acids is 1. The fourth-order valence-corrected chi connectivity index (χ4v) is 2.48.